The number of phenolic OH excluding ortho intramolecular Hbond substituents is 1. The van der Waals surface area contributed by atoms with Crippen LogP contribution in [0.5, 0.6) is 5.75 Å². The summed E-state index contributed by atoms with van der Waals surface area (Å²) in [5, 5.41) is 38.2. The Labute approximate surface area is 125 Å². The number of phenols is 1. The van der Waals surface area contributed by atoms with Crippen LogP contribution >= 0.6 is 0 Å². The molecule has 0 aliphatic heterocycles. The van der Waals surface area contributed by atoms with E-state index in [1.165, 1.54) is 12.1 Å². The second kappa shape index (κ2) is 8.65. The number of aliphatic hydroxyl groups is 3. The van der Waals surface area contributed by atoms with Crippen LogP contribution in [0.2, 0.25) is 0 Å². The maximum atomic E-state index is 9.99. The van der Waals surface area contributed by atoms with E-state index in [1.54, 1.807) is 18.2 Å². The highest BCUT2D eigenvalue weighted by Crippen LogP contribution is 2.20. The molecule has 0 saturated carbocycles. The molecule has 0 aliphatic rings. The molecule has 2 atom stereocenters. The van der Waals surface area contributed by atoms with Gasteiger partial charge < -0.3 is 20.4 Å². The topological polar surface area (TPSA) is 80.9 Å². The second-order valence-electron chi connectivity index (χ2n) is 5.47. The van der Waals surface area contributed by atoms with Gasteiger partial charge in [0.1, 0.15) is 5.75 Å². The molecular formula is C17H24O4. The van der Waals surface area contributed by atoms with E-state index in [1.807, 2.05) is 13.8 Å². The molecule has 0 heterocycles. The number of hydrogen-bond donors (Lipinski definition) is 4. The van der Waals surface area contributed by atoms with Gasteiger partial charge in [-0.15, -0.1) is 5.73 Å². The predicted octanol–water partition coefficient (Wildman–Crippen LogP) is 2.30. The molecule has 1 rings (SSSR count). The molecule has 0 aliphatic carbocycles. The zero-order valence-corrected chi connectivity index (χ0v) is 12.5. The third kappa shape index (κ3) is 6.15. The fourth-order valence-corrected chi connectivity index (χ4v) is 1.80. The summed E-state index contributed by atoms with van der Waals surface area (Å²) in [7, 11) is 0. The molecule has 0 saturated heterocycles. The van der Waals surface area contributed by atoms with Gasteiger partial charge in [-0.2, -0.15) is 0 Å². The average Bonchev–Trinajstić information content (AvgIpc) is 2.46. The molecule has 4 nitrogen and oxygen atoms in total. The number of rotatable bonds is 7. The van der Waals surface area contributed by atoms with Crippen LogP contribution in [-0.4, -0.2) is 33.1 Å². The van der Waals surface area contributed by atoms with Crippen molar-refractivity contribution in [3.63, 3.8) is 0 Å². The highest BCUT2D eigenvalue weighted by atomic mass is 16.3. The molecule has 0 amide bonds. The van der Waals surface area contributed by atoms with Crippen molar-refractivity contribution < 1.29 is 20.4 Å². The largest absolute Gasteiger partial charge is 0.508 e. The first kappa shape index (κ1) is 17.5. The summed E-state index contributed by atoms with van der Waals surface area (Å²) in [4.78, 5) is 0. The third-order valence-corrected chi connectivity index (χ3v) is 3.34. The van der Waals surface area contributed by atoms with Crippen LogP contribution in [0.1, 0.15) is 38.4 Å². The van der Waals surface area contributed by atoms with Crippen molar-refractivity contribution in [1.29, 1.82) is 0 Å². The van der Waals surface area contributed by atoms with Crippen LogP contribution in [0.25, 0.3) is 0 Å². The molecule has 0 fully saturated rings. The number of aromatic hydroxyl groups is 1. The maximum Gasteiger partial charge on any atom is 0.115 e. The Hall–Kier alpha value is -1.58. The average molecular weight is 292 g/mol. The van der Waals surface area contributed by atoms with Gasteiger partial charge in [-0.05, 0) is 35.3 Å². The Kier molecular flexibility index (Phi) is 7.20. The fourth-order valence-electron chi connectivity index (χ4n) is 1.80. The Bertz CT molecular complexity index is 484. The van der Waals surface area contributed by atoms with E-state index in [4.69, 9.17) is 0 Å². The summed E-state index contributed by atoms with van der Waals surface area (Å²) in [6.07, 6.45) is 1.20. The summed E-state index contributed by atoms with van der Waals surface area (Å²) >= 11 is 0. The lowest BCUT2D eigenvalue weighted by atomic mass is 10.00. The van der Waals surface area contributed by atoms with Gasteiger partial charge in [0.05, 0.1) is 18.8 Å². The van der Waals surface area contributed by atoms with Gasteiger partial charge in [-0.25, -0.2) is 0 Å². The van der Waals surface area contributed by atoms with Crippen molar-refractivity contribution in [2.45, 2.75) is 38.9 Å². The van der Waals surface area contributed by atoms with Crippen molar-refractivity contribution in [3.05, 3.63) is 47.2 Å². The van der Waals surface area contributed by atoms with E-state index in [2.05, 4.69) is 5.73 Å². The molecule has 116 valence electrons. The van der Waals surface area contributed by atoms with Gasteiger partial charge in [-0.1, -0.05) is 26.0 Å². The predicted molar refractivity (Wildman–Crippen MR) is 81.8 cm³/mol. The first-order valence-electron chi connectivity index (χ1n) is 7.12. The first-order chi connectivity index (χ1) is 9.93. The Balaban J connectivity index is 2.65. The molecule has 0 spiro atoms. The maximum absolute atomic E-state index is 9.99. The molecule has 1 aromatic carbocycles. The van der Waals surface area contributed by atoms with Gasteiger partial charge in [0.15, 0.2) is 0 Å². The van der Waals surface area contributed by atoms with Crippen LogP contribution in [0.15, 0.2) is 41.6 Å². The normalized spacial score (nSPS) is 13.6. The van der Waals surface area contributed by atoms with Crippen molar-refractivity contribution in [1.82, 2.24) is 0 Å². The zero-order chi connectivity index (χ0) is 15.8. The van der Waals surface area contributed by atoms with Gasteiger partial charge in [0.2, 0.25) is 0 Å². The van der Waals surface area contributed by atoms with Gasteiger partial charge >= 0.3 is 0 Å². The quantitative estimate of drug-likeness (QED) is 0.581. The number of aliphatic hydroxyl groups excluding tert-OH is 3. The van der Waals surface area contributed by atoms with Crippen LogP contribution < -0.4 is 0 Å². The van der Waals surface area contributed by atoms with Crippen molar-refractivity contribution in [2.24, 2.45) is 5.92 Å². The van der Waals surface area contributed by atoms with E-state index in [0.29, 0.717) is 24.0 Å². The molecular weight excluding hydrogens is 268 g/mol. The van der Waals surface area contributed by atoms with E-state index in [-0.39, 0.29) is 18.3 Å². The highest BCUT2D eigenvalue weighted by Gasteiger charge is 2.11. The molecule has 0 radical (unpaired) electrons. The summed E-state index contributed by atoms with van der Waals surface area (Å²) in [6, 6.07) is 6.37. The van der Waals surface area contributed by atoms with Gasteiger partial charge in [-0.3, -0.25) is 0 Å². The molecule has 0 aromatic heterocycles. The van der Waals surface area contributed by atoms with Gasteiger partial charge in [0, 0.05) is 12.8 Å². The molecule has 1 aromatic rings. The Morgan fingerprint density at radius 2 is 1.81 bits per heavy atom. The van der Waals surface area contributed by atoms with Crippen molar-refractivity contribution >= 4 is 0 Å². The molecule has 0 bridgehead atoms. The molecule has 4 N–H and O–H groups in total. The lowest BCUT2D eigenvalue weighted by Gasteiger charge is -2.14. The minimum atomic E-state index is -0.687. The lowest BCUT2D eigenvalue weighted by Crippen LogP contribution is -2.16. The fraction of sp³-hybridized carbons (Fsp3) is 0.471. The standard InChI is InChI=1S/C17H24O4/c1-12(2)17(21)10-13(11-18)4-3-5-16(20)14-6-8-15(19)9-7-14/h3,6-9,12,16-21H,5,10-11H2,1-2H3/t4?,16-,17-/m1/s1. The van der Waals surface area contributed by atoms with E-state index in [0.717, 1.165) is 0 Å². The minimum absolute atomic E-state index is 0.121. The zero-order valence-electron chi connectivity index (χ0n) is 12.5. The highest BCUT2D eigenvalue weighted by molar-refractivity contribution is 5.27. The van der Waals surface area contributed by atoms with E-state index >= 15 is 0 Å². The monoisotopic (exact) mass is 292 g/mol. The van der Waals surface area contributed by atoms with Crippen LogP contribution in [0.4, 0.5) is 0 Å². The van der Waals surface area contributed by atoms with Crippen LogP contribution in [0.3, 0.4) is 0 Å². The number of hydrogen-bond acceptors (Lipinski definition) is 4. The Morgan fingerprint density at radius 3 is 2.33 bits per heavy atom. The van der Waals surface area contributed by atoms with E-state index in [9.17, 15) is 20.4 Å². The number of benzene rings is 1. The first-order valence-corrected chi connectivity index (χ1v) is 7.12. The van der Waals surface area contributed by atoms with E-state index < -0.39 is 12.2 Å². The van der Waals surface area contributed by atoms with Crippen LogP contribution in [0, 0.1) is 5.92 Å². The Morgan fingerprint density at radius 1 is 1.19 bits per heavy atom. The summed E-state index contributed by atoms with van der Waals surface area (Å²) < 4.78 is 0. The molecule has 21 heavy (non-hydrogen) atoms. The minimum Gasteiger partial charge on any atom is -0.508 e. The van der Waals surface area contributed by atoms with Crippen molar-refractivity contribution in [2.75, 3.05) is 6.61 Å². The smallest absolute Gasteiger partial charge is 0.115 e. The lowest BCUT2D eigenvalue weighted by molar-refractivity contribution is 0.122. The summed E-state index contributed by atoms with van der Waals surface area (Å²) in [6.45, 7) is 3.67. The van der Waals surface area contributed by atoms with Crippen LogP contribution in [-0.2, 0) is 0 Å². The molecule has 0 unspecified atom stereocenters. The van der Waals surface area contributed by atoms with Crippen molar-refractivity contribution in [3.8, 4) is 5.75 Å². The SMILES string of the molecule is CC(C)[C@H](O)CC(=C=CC[C@@H](O)c1ccc(O)cc1)CO. The molecule has 4 heteroatoms. The van der Waals surface area contributed by atoms with Gasteiger partial charge in [0.25, 0.3) is 0 Å². The second-order valence-corrected chi connectivity index (χ2v) is 5.47. The third-order valence-electron chi connectivity index (χ3n) is 3.34. The summed E-state index contributed by atoms with van der Waals surface area (Å²) in [5.41, 5.74) is 4.27. The summed E-state index contributed by atoms with van der Waals surface area (Å²) in [5.74, 6) is 0.280.